The minimum absolute atomic E-state index is 0.362. The summed E-state index contributed by atoms with van der Waals surface area (Å²) in [6.07, 6.45) is 32.5. The summed E-state index contributed by atoms with van der Waals surface area (Å²) in [5.74, 6) is 0.986. The van der Waals surface area contributed by atoms with Crippen LogP contribution in [-0.4, -0.2) is 30.2 Å². The quantitative estimate of drug-likeness (QED) is 0.0876. The lowest BCUT2D eigenvalue weighted by Gasteiger charge is -2.17. The van der Waals surface area contributed by atoms with E-state index in [4.69, 9.17) is 9.84 Å². The van der Waals surface area contributed by atoms with Crippen molar-refractivity contribution in [1.29, 1.82) is 0 Å². The van der Waals surface area contributed by atoms with Gasteiger partial charge in [0.05, 0.1) is 6.10 Å². The smallest absolute Gasteiger partial charge is 0.0575 e. The first-order chi connectivity index (χ1) is 15.8. The first-order valence-corrected chi connectivity index (χ1v) is 15.3. The number of rotatable bonds is 28. The molecule has 1 unspecified atom stereocenters. The Labute approximate surface area is 208 Å². The van der Waals surface area contributed by atoms with Gasteiger partial charge in [0.25, 0.3) is 0 Å². The number of hydrogen-bond donors (Lipinski definition) is 2. The maximum Gasteiger partial charge on any atom is 0.0575 e. The summed E-state index contributed by atoms with van der Waals surface area (Å²) >= 11 is 4.40. The predicted octanol–water partition coefficient (Wildman–Crippen LogP) is 9.68. The monoisotopic (exact) mass is 472 g/mol. The molecule has 2 nitrogen and oxygen atoms in total. The van der Waals surface area contributed by atoms with Crippen LogP contribution in [-0.2, 0) is 4.74 Å². The van der Waals surface area contributed by atoms with E-state index in [1.165, 1.54) is 148 Å². The van der Waals surface area contributed by atoms with Crippen LogP contribution in [0.5, 0.6) is 0 Å². The van der Waals surface area contributed by atoms with Gasteiger partial charge in [0.2, 0.25) is 0 Å². The fourth-order valence-electron chi connectivity index (χ4n) is 4.54. The average molecular weight is 473 g/mol. The van der Waals surface area contributed by atoms with Gasteiger partial charge in [-0.2, -0.15) is 12.6 Å². The highest BCUT2D eigenvalue weighted by Gasteiger charge is 2.08. The normalized spacial score (nSPS) is 12.5. The van der Waals surface area contributed by atoms with Crippen molar-refractivity contribution in [3.63, 3.8) is 0 Å². The molecule has 32 heavy (non-hydrogen) atoms. The van der Waals surface area contributed by atoms with Gasteiger partial charge in [0.1, 0.15) is 0 Å². The van der Waals surface area contributed by atoms with E-state index in [-0.39, 0.29) is 0 Å². The molecule has 0 amide bonds. The van der Waals surface area contributed by atoms with Gasteiger partial charge in [0, 0.05) is 13.2 Å². The molecule has 0 aromatic heterocycles. The van der Waals surface area contributed by atoms with Crippen LogP contribution in [0.4, 0.5) is 0 Å². The number of ether oxygens (including phenoxy) is 1. The summed E-state index contributed by atoms with van der Waals surface area (Å²) in [5, 5.41) is 8.78. The molecule has 0 aliphatic rings. The van der Waals surface area contributed by atoms with Gasteiger partial charge >= 0.3 is 0 Å². The van der Waals surface area contributed by atoms with Gasteiger partial charge in [0.15, 0.2) is 0 Å². The summed E-state index contributed by atoms with van der Waals surface area (Å²) in [6.45, 7) is 3.61. The fraction of sp³-hybridized carbons (Fsp3) is 1.00. The summed E-state index contributed by atoms with van der Waals surface area (Å²) in [6, 6.07) is 0. The van der Waals surface area contributed by atoms with Crippen molar-refractivity contribution in [2.45, 2.75) is 167 Å². The van der Waals surface area contributed by atoms with E-state index in [9.17, 15) is 0 Å². The van der Waals surface area contributed by atoms with E-state index >= 15 is 0 Å². The van der Waals surface area contributed by atoms with Crippen molar-refractivity contribution in [1.82, 2.24) is 0 Å². The van der Waals surface area contributed by atoms with Gasteiger partial charge in [-0.3, -0.25) is 0 Å². The Bertz CT molecular complexity index is 324. The molecule has 0 saturated heterocycles. The highest BCUT2D eigenvalue weighted by atomic mass is 32.1. The molecule has 3 heteroatoms. The summed E-state index contributed by atoms with van der Waals surface area (Å²) in [7, 11) is 0. The van der Waals surface area contributed by atoms with Gasteiger partial charge in [-0.25, -0.2) is 0 Å². The number of unbranched alkanes of at least 4 members (excludes halogenated alkanes) is 19. The molecule has 0 heterocycles. The topological polar surface area (TPSA) is 29.5 Å². The maximum atomic E-state index is 8.78. The van der Waals surface area contributed by atoms with Crippen LogP contribution in [0.1, 0.15) is 161 Å². The number of hydrogen-bond acceptors (Lipinski definition) is 3. The van der Waals surface area contributed by atoms with Crippen LogP contribution in [0, 0.1) is 0 Å². The molecule has 0 bridgehead atoms. The van der Waals surface area contributed by atoms with Gasteiger partial charge < -0.3 is 9.84 Å². The van der Waals surface area contributed by atoms with Crippen LogP contribution >= 0.6 is 12.6 Å². The van der Waals surface area contributed by atoms with E-state index in [0.29, 0.717) is 12.7 Å². The number of aliphatic hydroxyl groups excluding tert-OH is 1. The molecule has 0 fully saturated rings. The van der Waals surface area contributed by atoms with E-state index < -0.39 is 0 Å². The van der Waals surface area contributed by atoms with E-state index in [1.807, 2.05) is 0 Å². The molecule has 0 aromatic carbocycles. The molecular weight excluding hydrogens is 412 g/mol. The number of thiol groups is 1. The molecule has 0 aliphatic carbocycles. The molecule has 1 N–H and O–H groups in total. The first-order valence-electron chi connectivity index (χ1n) is 14.7. The lowest BCUT2D eigenvalue weighted by atomic mass is 10.0. The van der Waals surface area contributed by atoms with Gasteiger partial charge in [-0.1, -0.05) is 129 Å². The third kappa shape index (κ3) is 26.5. The van der Waals surface area contributed by atoms with E-state index in [2.05, 4.69) is 19.6 Å². The highest BCUT2D eigenvalue weighted by molar-refractivity contribution is 7.80. The molecule has 1 atom stereocenters. The summed E-state index contributed by atoms with van der Waals surface area (Å²) in [5.41, 5.74) is 0. The Morgan fingerprint density at radius 2 is 0.938 bits per heavy atom. The predicted molar refractivity (Wildman–Crippen MR) is 147 cm³/mol. The SMILES string of the molecule is CCCCCCCCCCCC(CCCS)OCCCCCCCCCCCCCCO. The minimum Gasteiger partial charge on any atom is -0.396 e. The molecule has 0 aliphatic heterocycles. The molecular formula is C29H60O2S. The largest absolute Gasteiger partial charge is 0.396 e. The molecule has 0 radical (unpaired) electrons. The highest BCUT2D eigenvalue weighted by Crippen LogP contribution is 2.17. The minimum atomic E-state index is 0.362. The molecule has 194 valence electrons. The molecule has 0 aromatic rings. The zero-order valence-corrected chi connectivity index (χ0v) is 22.9. The Morgan fingerprint density at radius 1 is 0.531 bits per heavy atom. The Balaban J connectivity index is 3.47. The van der Waals surface area contributed by atoms with Crippen LogP contribution < -0.4 is 0 Å². The second kappa shape index (κ2) is 29.3. The Hall–Kier alpha value is 0.270. The van der Waals surface area contributed by atoms with Crippen LogP contribution in [0.15, 0.2) is 0 Å². The van der Waals surface area contributed by atoms with E-state index in [1.54, 1.807) is 0 Å². The van der Waals surface area contributed by atoms with Crippen molar-refractivity contribution in [2.24, 2.45) is 0 Å². The molecule has 0 saturated carbocycles. The van der Waals surface area contributed by atoms with Crippen LogP contribution in [0.25, 0.3) is 0 Å². The Kier molecular flexibility index (Phi) is 29.5. The average Bonchev–Trinajstić information content (AvgIpc) is 2.81. The lowest BCUT2D eigenvalue weighted by molar-refractivity contribution is 0.0372. The van der Waals surface area contributed by atoms with Crippen molar-refractivity contribution < 1.29 is 9.84 Å². The standard InChI is InChI=1S/C29H60O2S/c1-2-3-4-5-6-11-14-17-20-24-29(25-23-28-32)31-27-22-19-16-13-10-8-7-9-12-15-18-21-26-30/h29-30,32H,2-28H2,1H3. The summed E-state index contributed by atoms with van der Waals surface area (Å²) in [4.78, 5) is 0. The lowest BCUT2D eigenvalue weighted by Crippen LogP contribution is -2.14. The Morgan fingerprint density at radius 3 is 1.41 bits per heavy atom. The summed E-state index contributed by atoms with van der Waals surface area (Å²) < 4.78 is 6.27. The maximum absolute atomic E-state index is 8.78. The van der Waals surface area contributed by atoms with Crippen molar-refractivity contribution in [3.8, 4) is 0 Å². The fourth-order valence-corrected chi connectivity index (χ4v) is 4.73. The molecule has 0 rings (SSSR count). The van der Waals surface area contributed by atoms with Gasteiger partial charge in [-0.05, 0) is 37.9 Å². The van der Waals surface area contributed by atoms with Gasteiger partial charge in [-0.15, -0.1) is 0 Å². The van der Waals surface area contributed by atoms with Crippen molar-refractivity contribution >= 4 is 12.6 Å². The zero-order chi connectivity index (χ0) is 23.4. The van der Waals surface area contributed by atoms with Crippen molar-refractivity contribution in [3.05, 3.63) is 0 Å². The third-order valence-electron chi connectivity index (χ3n) is 6.72. The van der Waals surface area contributed by atoms with Crippen LogP contribution in [0.2, 0.25) is 0 Å². The molecule has 0 spiro atoms. The zero-order valence-electron chi connectivity index (χ0n) is 22.0. The van der Waals surface area contributed by atoms with E-state index in [0.717, 1.165) is 18.8 Å². The third-order valence-corrected chi connectivity index (χ3v) is 7.04. The number of aliphatic hydroxyl groups is 1. The van der Waals surface area contributed by atoms with Crippen LogP contribution in [0.3, 0.4) is 0 Å². The second-order valence-corrected chi connectivity index (χ2v) is 10.4. The van der Waals surface area contributed by atoms with Crippen molar-refractivity contribution in [2.75, 3.05) is 19.0 Å². The second-order valence-electron chi connectivity index (χ2n) is 9.94. The first kappa shape index (κ1) is 32.3.